The summed E-state index contributed by atoms with van der Waals surface area (Å²) in [6, 6.07) is 7.02. The maximum Gasteiger partial charge on any atom is 0.122 e. The van der Waals surface area contributed by atoms with Crippen LogP contribution in [0.2, 0.25) is 0 Å². The largest absolute Gasteiger partial charge is 0.496 e. The molecule has 0 saturated heterocycles. The van der Waals surface area contributed by atoms with Crippen molar-refractivity contribution >= 4 is 0 Å². The molecule has 1 aromatic rings. The standard InChI is InChI=1S/C15H25NO/c1-5-6-14(16-3)9-8-13-11-12(2)7-10-15(13)17-4/h7,10-11,14,16H,5-6,8-9H2,1-4H3. The van der Waals surface area contributed by atoms with Gasteiger partial charge < -0.3 is 10.1 Å². The van der Waals surface area contributed by atoms with E-state index >= 15 is 0 Å². The molecular weight excluding hydrogens is 210 g/mol. The highest BCUT2D eigenvalue weighted by molar-refractivity contribution is 5.36. The number of methoxy groups -OCH3 is 1. The van der Waals surface area contributed by atoms with Gasteiger partial charge in [0.1, 0.15) is 5.75 Å². The molecule has 2 heteroatoms. The van der Waals surface area contributed by atoms with Crippen LogP contribution in [0.4, 0.5) is 0 Å². The van der Waals surface area contributed by atoms with E-state index in [-0.39, 0.29) is 0 Å². The molecule has 0 aliphatic carbocycles. The monoisotopic (exact) mass is 235 g/mol. The van der Waals surface area contributed by atoms with E-state index in [0.717, 1.165) is 12.2 Å². The minimum absolute atomic E-state index is 0.616. The van der Waals surface area contributed by atoms with Crippen molar-refractivity contribution in [2.45, 2.75) is 45.6 Å². The first-order chi connectivity index (χ1) is 8.21. The Kier molecular flexibility index (Phi) is 6.06. The van der Waals surface area contributed by atoms with E-state index in [1.165, 1.54) is 30.4 Å². The van der Waals surface area contributed by atoms with Gasteiger partial charge in [0.15, 0.2) is 0 Å². The van der Waals surface area contributed by atoms with E-state index in [4.69, 9.17) is 4.74 Å². The van der Waals surface area contributed by atoms with Gasteiger partial charge >= 0.3 is 0 Å². The van der Waals surface area contributed by atoms with Crippen LogP contribution in [0.25, 0.3) is 0 Å². The predicted molar refractivity (Wildman–Crippen MR) is 73.8 cm³/mol. The molecule has 0 fully saturated rings. The van der Waals surface area contributed by atoms with Gasteiger partial charge in [0.25, 0.3) is 0 Å². The summed E-state index contributed by atoms with van der Waals surface area (Å²) in [5.74, 6) is 1.02. The lowest BCUT2D eigenvalue weighted by Gasteiger charge is -2.16. The Morgan fingerprint density at radius 1 is 1.29 bits per heavy atom. The Morgan fingerprint density at radius 3 is 2.65 bits per heavy atom. The third kappa shape index (κ3) is 4.39. The Hall–Kier alpha value is -1.02. The Bertz CT molecular complexity index is 336. The summed E-state index contributed by atoms with van der Waals surface area (Å²) in [7, 11) is 3.80. The molecule has 17 heavy (non-hydrogen) atoms. The smallest absolute Gasteiger partial charge is 0.122 e. The first kappa shape index (κ1) is 14.0. The topological polar surface area (TPSA) is 21.3 Å². The second-order valence-corrected chi connectivity index (χ2v) is 4.63. The molecular formula is C15H25NO. The van der Waals surface area contributed by atoms with E-state index in [2.05, 4.69) is 37.4 Å². The lowest BCUT2D eigenvalue weighted by molar-refractivity contribution is 0.405. The average molecular weight is 235 g/mol. The van der Waals surface area contributed by atoms with Crippen LogP contribution in [0.5, 0.6) is 5.75 Å². The molecule has 0 radical (unpaired) electrons. The van der Waals surface area contributed by atoms with Crippen LogP contribution in [0.3, 0.4) is 0 Å². The molecule has 1 aromatic carbocycles. The van der Waals surface area contributed by atoms with E-state index in [1.807, 2.05) is 7.05 Å². The number of hydrogen-bond acceptors (Lipinski definition) is 2. The van der Waals surface area contributed by atoms with Crippen LogP contribution < -0.4 is 10.1 Å². The van der Waals surface area contributed by atoms with Gasteiger partial charge in [0.2, 0.25) is 0 Å². The highest BCUT2D eigenvalue weighted by Crippen LogP contribution is 2.22. The van der Waals surface area contributed by atoms with Crippen molar-refractivity contribution in [2.24, 2.45) is 0 Å². The second-order valence-electron chi connectivity index (χ2n) is 4.63. The number of rotatable bonds is 7. The minimum Gasteiger partial charge on any atom is -0.496 e. The zero-order valence-electron chi connectivity index (χ0n) is 11.5. The van der Waals surface area contributed by atoms with E-state index in [9.17, 15) is 0 Å². The normalized spacial score (nSPS) is 12.5. The van der Waals surface area contributed by atoms with Crippen molar-refractivity contribution in [1.82, 2.24) is 5.32 Å². The van der Waals surface area contributed by atoms with Gasteiger partial charge in [0, 0.05) is 6.04 Å². The zero-order chi connectivity index (χ0) is 12.7. The lowest BCUT2D eigenvalue weighted by atomic mass is 10.00. The molecule has 0 amide bonds. The van der Waals surface area contributed by atoms with Crippen LogP contribution in [-0.2, 0) is 6.42 Å². The van der Waals surface area contributed by atoms with E-state index in [0.29, 0.717) is 6.04 Å². The van der Waals surface area contributed by atoms with Gasteiger partial charge in [-0.15, -0.1) is 0 Å². The molecule has 1 unspecified atom stereocenters. The number of hydrogen-bond donors (Lipinski definition) is 1. The lowest BCUT2D eigenvalue weighted by Crippen LogP contribution is -2.25. The van der Waals surface area contributed by atoms with Gasteiger partial charge in [-0.05, 0) is 44.9 Å². The summed E-state index contributed by atoms with van der Waals surface area (Å²) >= 11 is 0. The van der Waals surface area contributed by atoms with Crippen molar-refractivity contribution in [3.8, 4) is 5.75 Å². The Morgan fingerprint density at radius 2 is 2.06 bits per heavy atom. The van der Waals surface area contributed by atoms with E-state index < -0.39 is 0 Å². The number of nitrogens with one attached hydrogen (secondary N) is 1. The Balaban J connectivity index is 2.63. The van der Waals surface area contributed by atoms with Crippen molar-refractivity contribution < 1.29 is 4.74 Å². The maximum atomic E-state index is 5.41. The van der Waals surface area contributed by atoms with E-state index in [1.54, 1.807) is 7.11 Å². The highest BCUT2D eigenvalue weighted by atomic mass is 16.5. The average Bonchev–Trinajstić information content (AvgIpc) is 2.34. The van der Waals surface area contributed by atoms with Gasteiger partial charge in [-0.3, -0.25) is 0 Å². The number of ether oxygens (including phenoxy) is 1. The molecule has 0 bridgehead atoms. The SMILES string of the molecule is CCCC(CCc1cc(C)ccc1OC)NC. The molecule has 0 heterocycles. The quantitative estimate of drug-likeness (QED) is 0.782. The molecule has 0 aliphatic rings. The van der Waals surface area contributed by atoms with Crippen molar-refractivity contribution in [3.05, 3.63) is 29.3 Å². The van der Waals surface area contributed by atoms with Crippen LogP contribution in [0.15, 0.2) is 18.2 Å². The molecule has 0 aromatic heterocycles. The predicted octanol–water partition coefficient (Wildman–Crippen LogP) is 3.32. The summed E-state index contributed by atoms with van der Waals surface area (Å²) in [5, 5.41) is 3.38. The van der Waals surface area contributed by atoms with Crippen LogP contribution in [0, 0.1) is 6.92 Å². The number of aryl methyl sites for hydroxylation is 2. The second kappa shape index (κ2) is 7.33. The summed E-state index contributed by atoms with van der Waals surface area (Å²) < 4.78 is 5.41. The van der Waals surface area contributed by atoms with Crippen LogP contribution in [-0.4, -0.2) is 20.2 Å². The van der Waals surface area contributed by atoms with Gasteiger partial charge in [0.05, 0.1) is 7.11 Å². The van der Waals surface area contributed by atoms with Crippen LogP contribution >= 0.6 is 0 Å². The number of benzene rings is 1. The van der Waals surface area contributed by atoms with Crippen LogP contribution in [0.1, 0.15) is 37.3 Å². The molecule has 0 spiro atoms. The zero-order valence-corrected chi connectivity index (χ0v) is 11.5. The fraction of sp³-hybridized carbons (Fsp3) is 0.600. The molecule has 2 nitrogen and oxygen atoms in total. The maximum absolute atomic E-state index is 5.41. The Labute approximate surface area is 105 Å². The molecule has 1 atom stereocenters. The van der Waals surface area contributed by atoms with Crippen molar-refractivity contribution in [1.29, 1.82) is 0 Å². The molecule has 96 valence electrons. The fourth-order valence-electron chi connectivity index (χ4n) is 2.21. The van der Waals surface area contributed by atoms with Crippen molar-refractivity contribution in [3.63, 3.8) is 0 Å². The summed E-state index contributed by atoms with van der Waals surface area (Å²) in [6.45, 7) is 4.36. The fourth-order valence-corrected chi connectivity index (χ4v) is 2.21. The van der Waals surface area contributed by atoms with Gasteiger partial charge in [-0.2, -0.15) is 0 Å². The summed E-state index contributed by atoms with van der Waals surface area (Å²) in [4.78, 5) is 0. The van der Waals surface area contributed by atoms with Crippen molar-refractivity contribution in [2.75, 3.05) is 14.2 Å². The van der Waals surface area contributed by atoms with Gasteiger partial charge in [-0.25, -0.2) is 0 Å². The third-order valence-corrected chi connectivity index (χ3v) is 3.24. The molecule has 0 saturated carbocycles. The first-order valence-electron chi connectivity index (χ1n) is 6.52. The van der Waals surface area contributed by atoms with Gasteiger partial charge in [-0.1, -0.05) is 31.0 Å². The summed E-state index contributed by atoms with van der Waals surface area (Å²) in [6.07, 6.45) is 4.72. The highest BCUT2D eigenvalue weighted by Gasteiger charge is 2.08. The summed E-state index contributed by atoms with van der Waals surface area (Å²) in [5.41, 5.74) is 2.63. The third-order valence-electron chi connectivity index (χ3n) is 3.24. The first-order valence-corrected chi connectivity index (χ1v) is 6.52. The molecule has 1 N–H and O–H groups in total. The molecule has 1 rings (SSSR count). The molecule has 0 aliphatic heterocycles. The minimum atomic E-state index is 0.616.